The molecule has 3 N–H and O–H groups in total. The molecule has 0 aliphatic rings. The van der Waals surface area contributed by atoms with Gasteiger partial charge in [-0.05, 0) is 0 Å². The fourth-order valence-corrected chi connectivity index (χ4v) is 1.02. The molecule has 0 saturated carbocycles. The summed E-state index contributed by atoms with van der Waals surface area (Å²) >= 11 is 1.37. The molecule has 0 aliphatic heterocycles. The fourth-order valence-electron chi connectivity index (χ4n) is 0.449. The molecular formula is C6H12N2O3S. The van der Waals surface area contributed by atoms with Gasteiger partial charge in [0.2, 0.25) is 5.91 Å². The number of amides is 2. The first kappa shape index (κ1) is 11.2. The standard InChI is InChI=1S/C6H12N2O3S/c1-11-6(10)8-5(9)4-12-3-2-7/h2-4,7H2,1H3,(H,8,9,10). The molecule has 0 aromatic carbocycles. The van der Waals surface area contributed by atoms with E-state index in [4.69, 9.17) is 5.73 Å². The normalized spacial score (nSPS) is 9.17. The quantitative estimate of drug-likeness (QED) is 0.590. The third kappa shape index (κ3) is 5.99. The molecule has 70 valence electrons. The molecule has 0 atom stereocenters. The van der Waals surface area contributed by atoms with Crippen LogP contribution >= 0.6 is 11.8 Å². The van der Waals surface area contributed by atoms with Gasteiger partial charge in [0.25, 0.3) is 0 Å². The lowest BCUT2D eigenvalue weighted by atomic mass is 10.7. The summed E-state index contributed by atoms with van der Waals surface area (Å²) in [5.41, 5.74) is 5.20. The second kappa shape index (κ2) is 6.93. The highest BCUT2D eigenvalue weighted by molar-refractivity contribution is 7.99. The maximum atomic E-state index is 10.8. The molecule has 5 nitrogen and oxygen atoms in total. The summed E-state index contributed by atoms with van der Waals surface area (Å²) in [7, 11) is 1.20. The molecular weight excluding hydrogens is 180 g/mol. The van der Waals surface area contributed by atoms with Crippen molar-refractivity contribution in [2.75, 3.05) is 25.2 Å². The first-order chi connectivity index (χ1) is 5.70. The van der Waals surface area contributed by atoms with Crippen LogP contribution in [0.25, 0.3) is 0 Å². The maximum absolute atomic E-state index is 10.8. The number of hydrogen-bond acceptors (Lipinski definition) is 5. The van der Waals surface area contributed by atoms with E-state index in [-0.39, 0.29) is 11.7 Å². The largest absolute Gasteiger partial charge is 0.453 e. The van der Waals surface area contributed by atoms with Crippen LogP contribution in [0.3, 0.4) is 0 Å². The fraction of sp³-hybridized carbons (Fsp3) is 0.667. The van der Waals surface area contributed by atoms with Gasteiger partial charge in [0.1, 0.15) is 0 Å². The maximum Gasteiger partial charge on any atom is 0.413 e. The van der Waals surface area contributed by atoms with Gasteiger partial charge in [-0.15, -0.1) is 0 Å². The van der Waals surface area contributed by atoms with Crippen molar-refractivity contribution in [3.05, 3.63) is 0 Å². The van der Waals surface area contributed by atoms with Crippen molar-refractivity contribution in [1.82, 2.24) is 5.32 Å². The first-order valence-electron chi connectivity index (χ1n) is 3.36. The van der Waals surface area contributed by atoms with Crippen molar-refractivity contribution in [2.24, 2.45) is 5.73 Å². The average molecular weight is 192 g/mol. The smallest absolute Gasteiger partial charge is 0.413 e. The van der Waals surface area contributed by atoms with Crippen LogP contribution in [-0.4, -0.2) is 37.2 Å². The zero-order valence-corrected chi connectivity index (χ0v) is 7.65. The number of methoxy groups -OCH3 is 1. The van der Waals surface area contributed by atoms with Crippen molar-refractivity contribution in [2.45, 2.75) is 0 Å². The van der Waals surface area contributed by atoms with Gasteiger partial charge < -0.3 is 10.5 Å². The molecule has 0 rings (SSSR count). The minimum Gasteiger partial charge on any atom is -0.453 e. The molecule has 2 amide bonds. The molecule has 0 unspecified atom stereocenters. The number of nitrogens with one attached hydrogen (secondary N) is 1. The van der Waals surface area contributed by atoms with Crippen molar-refractivity contribution in [1.29, 1.82) is 0 Å². The number of imide groups is 1. The highest BCUT2D eigenvalue weighted by Crippen LogP contribution is 1.96. The van der Waals surface area contributed by atoms with Crippen LogP contribution in [0.1, 0.15) is 0 Å². The molecule has 0 aliphatic carbocycles. The Morgan fingerprint density at radius 2 is 2.25 bits per heavy atom. The monoisotopic (exact) mass is 192 g/mol. The summed E-state index contributed by atoms with van der Waals surface area (Å²) in [4.78, 5) is 21.3. The molecule has 0 bridgehead atoms. The van der Waals surface area contributed by atoms with Crippen molar-refractivity contribution >= 4 is 23.8 Å². The Balaban J connectivity index is 3.40. The summed E-state index contributed by atoms with van der Waals surface area (Å²) in [5, 5.41) is 2.03. The van der Waals surface area contributed by atoms with Gasteiger partial charge in [0.15, 0.2) is 0 Å². The van der Waals surface area contributed by atoms with Crippen LogP contribution in [0.5, 0.6) is 0 Å². The molecule has 0 aromatic rings. The minimum absolute atomic E-state index is 0.228. The first-order valence-corrected chi connectivity index (χ1v) is 4.51. The predicted molar refractivity (Wildman–Crippen MR) is 46.9 cm³/mol. The van der Waals surface area contributed by atoms with Gasteiger partial charge in [0, 0.05) is 12.3 Å². The zero-order valence-electron chi connectivity index (χ0n) is 6.83. The number of ether oxygens (including phenoxy) is 1. The van der Waals surface area contributed by atoms with Gasteiger partial charge in [-0.2, -0.15) is 11.8 Å². The molecule has 0 fully saturated rings. The second-order valence-corrected chi connectivity index (χ2v) is 2.99. The third-order valence-corrected chi connectivity index (χ3v) is 1.91. The Hall–Kier alpha value is -0.750. The highest BCUT2D eigenvalue weighted by atomic mass is 32.2. The number of rotatable bonds is 4. The lowest BCUT2D eigenvalue weighted by Gasteiger charge is -2.00. The highest BCUT2D eigenvalue weighted by Gasteiger charge is 2.05. The van der Waals surface area contributed by atoms with Crippen LogP contribution in [-0.2, 0) is 9.53 Å². The number of thioether (sulfide) groups is 1. The molecule has 0 aromatic heterocycles. The van der Waals surface area contributed by atoms with E-state index in [2.05, 4.69) is 4.74 Å². The summed E-state index contributed by atoms with van der Waals surface area (Å²) in [6.45, 7) is 0.524. The lowest BCUT2D eigenvalue weighted by Crippen LogP contribution is -2.31. The number of carbonyl (C=O) groups is 2. The minimum atomic E-state index is -0.728. The van der Waals surface area contributed by atoms with E-state index >= 15 is 0 Å². The Morgan fingerprint density at radius 1 is 1.58 bits per heavy atom. The number of carbonyl (C=O) groups excluding carboxylic acids is 2. The second-order valence-electron chi connectivity index (χ2n) is 1.88. The van der Waals surface area contributed by atoms with E-state index in [9.17, 15) is 9.59 Å². The number of hydrogen-bond donors (Lipinski definition) is 2. The zero-order chi connectivity index (χ0) is 9.40. The van der Waals surface area contributed by atoms with Crippen LogP contribution in [0.4, 0.5) is 4.79 Å². The van der Waals surface area contributed by atoms with Crippen molar-refractivity contribution in [3.63, 3.8) is 0 Å². The van der Waals surface area contributed by atoms with Crippen LogP contribution in [0.15, 0.2) is 0 Å². The van der Waals surface area contributed by atoms with E-state index < -0.39 is 6.09 Å². The molecule has 0 saturated heterocycles. The predicted octanol–water partition coefficient (Wildman–Crippen LogP) is -0.439. The van der Waals surface area contributed by atoms with E-state index in [1.807, 2.05) is 5.32 Å². The third-order valence-electron chi connectivity index (χ3n) is 0.922. The van der Waals surface area contributed by atoms with Gasteiger partial charge in [-0.3, -0.25) is 10.1 Å². The molecule has 0 spiro atoms. The topological polar surface area (TPSA) is 81.4 Å². The van der Waals surface area contributed by atoms with E-state index in [1.165, 1.54) is 18.9 Å². The molecule has 0 radical (unpaired) electrons. The molecule has 12 heavy (non-hydrogen) atoms. The van der Waals surface area contributed by atoms with Crippen molar-refractivity contribution in [3.8, 4) is 0 Å². The van der Waals surface area contributed by atoms with Crippen LogP contribution in [0.2, 0.25) is 0 Å². The van der Waals surface area contributed by atoms with Crippen LogP contribution < -0.4 is 11.1 Å². The SMILES string of the molecule is COC(=O)NC(=O)CSCCN. The number of alkyl carbamates (subject to hydrolysis) is 1. The van der Waals surface area contributed by atoms with Crippen molar-refractivity contribution < 1.29 is 14.3 Å². The van der Waals surface area contributed by atoms with Gasteiger partial charge in [0.05, 0.1) is 12.9 Å². The summed E-state index contributed by atoms with van der Waals surface area (Å²) in [6, 6.07) is 0. The van der Waals surface area contributed by atoms with Crippen LogP contribution in [0, 0.1) is 0 Å². The van der Waals surface area contributed by atoms with Gasteiger partial charge >= 0.3 is 6.09 Å². The van der Waals surface area contributed by atoms with E-state index in [0.717, 1.165) is 0 Å². The Morgan fingerprint density at radius 3 is 2.75 bits per heavy atom. The number of nitrogens with two attached hydrogens (primary N) is 1. The summed E-state index contributed by atoms with van der Waals surface area (Å²) in [6.07, 6.45) is -0.728. The molecule has 0 heterocycles. The molecule has 6 heteroatoms. The average Bonchev–Trinajstić information content (AvgIpc) is 2.05. The van der Waals surface area contributed by atoms with E-state index in [1.54, 1.807) is 0 Å². The Bertz CT molecular complexity index is 163. The summed E-state index contributed by atoms with van der Waals surface area (Å²) < 4.78 is 4.22. The Kier molecular flexibility index (Phi) is 6.50. The summed E-state index contributed by atoms with van der Waals surface area (Å²) in [5.74, 6) is 0.571. The van der Waals surface area contributed by atoms with Gasteiger partial charge in [-0.1, -0.05) is 0 Å². The van der Waals surface area contributed by atoms with Gasteiger partial charge in [-0.25, -0.2) is 4.79 Å². The Labute approximate surface area is 75.0 Å². The van der Waals surface area contributed by atoms with E-state index in [0.29, 0.717) is 12.3 Å². The lowest BCUT2D eigenvalue weighted by molar-refractivity contribution is -0.117.